The Morgan fingerprint density at radius 3 is 2.35 bits per heavy atom. The van der Waals surface area contributed by atoms with Crippen LogP contribution < -0.4 is 16.8 Å². The minimum Gasteiger partial charge on any atom is -0.478 e. The molecule has 0 saturated carbocycles. The van der Waals surface area contributed by atoms with Crippen LogP contribution in [0.4, 0.5) is 5.69 Å². The van der Waals surface area contributed by atoms with Crippen molar-refractivity contribution < 1.29 is 9.90 Å². The summed E-state index contributed by atoms with van der Waals surface area (Å²) in [4.78, 5) is 11.7. The van der Waals surface area contributed by atoms with Crippen molar-refractivity contribution in [3.63, 3.8) is 0 Å². The number of hydrogen-bond donors (Lipinski definition) is 6. The molecule has 7 heteroatoms. The summed E-state index contributed by atoms with van der Waals surface area (Å²) in [5.74, 6) is -1.77. The quantitative estimate of drug-likeness (QED) is 0.240. The number of guanidine groups is 1. The maximum absolute atomic E-state index is 11.7. The van der Waals surface area contributed by atoms with Gasteiger partial charge >= 0.3 is 5.97 Å². The van der Waals surface area contributed by atoms with E-state index in [1.807, 2.05) is 13.0 Å². The minimum absolute atomic E-state index is 0.0000458. The second-order valence-corrected chi connectivity index (χ2v) is 6.39. The first-order chi connectivity index (χ1) is 12.1. The van der Waals surface area contributed by atoms with Gasteiger partial charge in [-0.2, -0.15) is 0 Å². The van der Waals surface area contributed by atoms with Crippen molar-refractivity contribution in [2.75, 3.05) is 5.32 Å². The van der Waals surface area contributed by atoms with Crippen LogP contribution in [0.3, 0.4) is 0 Å². The Hall–Kier alpha value is -3.09. The van der Waals surface area contributed by atoms with Crippen molar-refractivity contribution in [1.82, 2.24) is 0 Å². The molecule has 0 saturated heterocycles. The van der Waals surface area contributed by atoms with Crippen molar-refractivity contribution in [1.29, 1.82) is 10.8 Å². The Balaban J connectivity index is 3.23. The fourth-order valence-electron chi connectivity index (χ4n) is 2.53. The third kappa shape index (κ3) is 6.43. The van der Waals surface area contributed by atoms with Crippen LogP contribution in [-0.2, 0) is 6.42 Å². The molecule has 0 aliphatic carbocycles. The molecule has 1 aromatic carbocycles. The largest absolute Gasteiger partial charge is 0.478 e. The molecule has 0 bridgehead atoms. The standard InChI is InChI=1S/C19H27N5O2/c1-11(2)5-4-6-12(3)7-8-13-9-14(24-19(22)23)10-15(17(20)21)16(13)18(25)26/h5,7,9-10H,4,6,8H2,1-3H3,(H3,20,21)(H,25,26)(H4,22,23,24)/b12-7-. The zero-order valence-electron chi connectivity index (χ0n) is 15.4. The van der Waals surface area contributed by atoms with E-state index in [9.17, 15) is 9.90 Å². The minimum atomic E-state index is -1.14. The summed E-state index contributed by atoms with van der Waals surface area (Å²) in [6.45, 7) is 6.10. The molecular weight excluding hydrogens is 330 g/mol. The molecule has 0 spiro atoms. The Labute approximate surface area is 153 Å². The SMILES string of the molecule is CC(C)=CCC/C(C)=C\Cc1cc(NC(=N)N)cc(C(=N)N)c1C(=O)O. The molecule has 1 rings (SSSR count). The van der Waals surface area contributed by atoms with Gasteiger partial charge in [0.05, 0.1) is 5.56 Å². The molecule has 0 unspecified atom stereocenters. The van der Waals surface area contributed by atoms with Crippen molar-refractivity contribution in [2.45, 2.75) is 40.0 Å². The van der Waals surface area contributed by atoms with Crippen LogP contribution in [0.2, 0.25) is 0 Å². The van der Waals surface area contributed by atoms with Gasteiger partial charge in [-0.1, -0.05) is 23.3 Å². The Bertz CT molecular complexity index is 774. The number of rotatable bonds is 8. The number of nitrogens with one attached hydrogen (secondary N) is 3. The Kier molecular flexibility index (Phi) is 7.58. The lowest BCUT2D eigenvalue weighted by Gasteiger charge is -2.14. The molecule has 8 N–H and O–H groups in total. The van der Waals surface area contributed by atoms with E-state index in [4.69, 9.17) is 22.3 Å². The lowest BCUT2D eigenvalue weighted by atomic mass is 9.95. The van der Waals surface area contributed by atoms with Crippen molar-refractivity contribution in [3.8, 4) is 0 Å². The fourth-order valence-corrected chi connectivity index (χ4v) is 2.53. The predicted octanol–water partition coefficient (Wildman–Crippen LogP) is 3.21. The van der Waals surface area contributed by atoms with Crippen LogP contribution >= 0.6 is 0 Å². The van der Waals surface area contributed by atoms with Crippen molar-refractivity contribution >= 4 is 23.5 Å². The first kappa shape index (κ1) is 21.0. The van der Waals surface area contributed by atoms with Crippen LogP contribution in [0.1, 0.15) is 55.1 Å². The average molecular weight is 357 g/mol. The molecule has 0 fully saturated rings. The molecule has 1 aromatic rings. The summed E-state index contributed by atoms with van der Waals surface area (Å²) in [6.07, 6.45) is 6.34. The van der Waals surface area contributed by atoms with Gasteiger partial charge in [0.25, 0.3) is 0 Å². The highest BCUT2D eigenvalue weighted by molar-refractivity contribution is 6.07. The highest BCUT2D eigenvalue weighted by atomic mass is 16.4. The van der Waals surface area contributed by atoms with Gasteiger partial charge in [-0.25, -0.2) is 4.79 Å². The van der Waals surface area contributed by atoms with Gasteiger partial charge in [-0.3, -0.25) is 10.8 Å². The average Bonchev–Trinajstić information content (AvgIpc) is 2.50. The van der Waals surface area contributed by atoms with Crippen LogP contribution in [-0.4, -0.2) is 22.9 Å². The van der Waals surface area contributed by atoms with E-state index in [0.717, 1.165) is 18.4 Å². The van der Waals surface area contributed by atoms with Gasteiger partial charge in [0.1, 0.15) is 5.84 Å². The van der Waals surface area contributed by atoms with E-state index in [-0.39, 0.29) is 22.9 Å². The summed E-state index contributed by atoms with van der Waals surface area (Å²) in [5.41, 5.74) is 14.4. The van der Waals surface area contributed by atoms with E-state index in [1.165, 1.54) is 11.6 Å². The number of carboxylic acids is 1. The van der Waals surface area contributed by atoms with Crippen molar-refractivity contribution in [2.24, 2.45) is 11.5 Å². The molecule has 0 aliphatic heterocycles. The number of amidine groups is 1. The lowest BCUT2D eigenvalue weighted by Crippen LogP contribution is -2.23. The normalized spacial score (nSPS) is 11.0. The number of nitrogen functional groups attached to an aromatic ring is 1. The number of anilines is 1. The van der Waals surface area contributed by atoms with Gasteiger partial charge < -0.3 is 21.9 Å². The van der Waals surface area contributed by atoms with Gasteiger partial charge in [-0.15, -0.1) is 0 Å². The summed E-state index contributed by atoms with van der Waals surface area (Å²) in [5, 5.41) is 27.2. The molecular formula is C19H27N5O2. The molecule has 140 valence electrons. The summed E-state index contributed by atoms with van der Waals surface area (Å²) >= 11 is 0. The molecule has 0 atom stereocenters. The molecule has 26 heavy (non-hydrogen) atoms. The summed E-state index contributed by atoms with van der Waals surface area (Å²) < 4.78 is 0. The molecule has 7 nitrogen and oxygen atoms in total. The summed E-state index contributed by atoms with van der Waals surface area (Å²) in [7, 11) is 0. The number of allylic oxidation sites excluding steroid dienone is 4. The first-order valence-corrected chi connectivity index (χ1v) is 8.26. The predicted molar refractivity (Wildman–Crippen MR) is 106 cm³/mol. The van der Waals surface area contributed by atoms with E-state index in [1.54, 1.807) is 6.07 Å². The zero-order chi connectivity index (χ0) is 19.9. The van der Waals surface area contributed by atoms with Crippen LogP contribution in [0.25, 0.3) is 0 Å². The molecule has 0 aliphatic rings. The fraction of sp³-hybridized carbons (Fsp3) is 0.316. The van der Waals surface area contributed by atoms with E-state index < -0.39 is 5.97 Å². The third-order valence-electron chi connectivity index (χ3n) is 3.76. The highest BCUT2D eigenvalue weighted by Crippen LogP contribution is 2.23. The van der Waals surface area contributed by atoms with Gasteiger partial charge in [-0.05, 0) is 57.7 Å². The lowest BCUT2D eigenvalue weighted by molar-refractivity contribution is 0.0695. The van der Waals surface area contributed by atoms with Gasteiger partial charge in [0.15, 0.2) is 5.96 Å². The van der Waals surface area contributed by atoms with Crippen LogP contribution in [0.5, 0.6) is 0 Å². The monoisotopic (exact) mass is 357 g/mol. The van der Waals surface area contributed by atoms with E-state index >= 15 is 0 Å². The van der Waals surface area contributed by atoms with Crippen molar-refractivity contribution in [3.05, 3.63) is 52.1 Å². The Morgan fingerprint density at radius 1 is 1.19 bits per heavy atom. The maximum atomic E-state index is 11.7. The number of carbonyl (C=O) groups is 1. The molecule has 0 aromatic heterocycles. The van der Waals surface area contributed by atoms with Gasteiger partial charge in [0.2, 0.25) is 0 Å². The number of aromatic carboxylic acids is 1. The number of hydrogen-bond acceptors (Lipinski definition) is 3. The number of carboxylic acid groups (broad SMARTS) is 1. The molecule has 0 amide bonds. The maximum Gasteiger partial charge on any atom is 0.336 e. The molecule has 0 radical (unpaired) electrons. The van der Waals surface area contributed by atoms with E-state index in [0.29, 0.717) is 17.7 Å². The third-order valence-corrected chi connectivity index (χ3v) is 3.76. The summed E-state index contributed by atoms with van der Waals surface area (Å²) in [6, 6.07) is 3.04. The smallest absolute Gasteiger partial charge is 0.336 e. The Morgan fingerprint density at radius 2 is 1.85 bits per heavy atom. The van der Waals surface area contributed by atoms with Gasteiger partial charge in [0, 0.05) is 11.3 Å². The number of benzene rings is 1. The highest BCUT2D eigenvalue weighted by Gasteiger charge is 2.18. The second-order valence-electron chi connectivity index (χ2n) is 6.39. The first-order valence-electron chi connectivity index (χ1n) is 8.26. The topological polar surface area (TPSA) is 149 Å². The molecule has 0 heterocycles. The zero-order valence-corrected chi connectivity index (χ0v) is 15.4. The van der Waals surface area contributed by atoms with Crippen LogP contribution in [0.15, 0.2) is 35.4 Å². The number of nitrogens with two attached hydrogens (primary N) is 2. The van der Waals surface area contributed by atoms with E-state index in [2.05, 4.69) is 25.2 Å². The second kappa shape index (κ2) is 9.41. The van der Waals surface area contributed by atoms with Crippen LogP contribution in [0, 0.1) is 10.8 Å².